The van der Waals surface area contributed by atoms with Crippen molar-refractivity contribution in [3.8, 4) is 0 Å². The molecule has 3 rings (SSSR count). The van der Waals surface area contributed by atoms with E-state index in [4.69, 9.17) is 4.74 Å². The van der Waals surface area contributed by atoms with Gasteiger partial charge in [-0.15, -0.1) is 0 Å². The van der Waals surface area contributed by atoms with E-state index in [0.29, 0.717) is 39.4 Å². The summed E-state index contributed by atoms with van der Waals surface area (Å²) in [6.45, 7) is 3.63. The highest BCUT2D eigenvalue weighted by Gasteiger charge is 2.25. The van der Waals surface area contributed by atoms with Gasteiger partial charge in [-0.25, -0.2) is 0 Å². The minimum Gasteiger partial charge on any atom is -0.378 e. The maximum atomic E-state index is 12.3. The fourth-order valence-corrected chi connectivity index (χ4v) is 2.87. The van der Waals surface area contributed by atoms with E-state index in [9.17, 15) is 9.59 Å². The molecule has 1 aromatic rings. The van der Waals surface area contributed by atoms with Crippen LogP contribution in [0.25, 0.3) is 0 Å². The molecule has 112 valence electrons. The Morgan fingerprint density at radius 3 is 2.38 bits per heavy atom. The van der Waals surface area contributed by atoms with E-state index >= 15 is 0 Å². The molecule has 2 heterocycles. The maximum absolute atomic E-state index is 12.3. The van der Waals surface area contributed by atoms with E-state index in [2.05, 4.69) is 12.1 Å². The Bertz CT molecular complexity index is 538. The van der Waals surface area contributed by atoms with Crippen LogP contribution in [0.15, 0.2) is 24.3 Å². The van der Waals surface area contributed by atoms with Gasteiger partial charge < -0.3 is 14.5 Å². The molecule has 0 radical (unpaired) electrons. The van der Waals surface area contributed by atoms with Crippen molar-refractivity contribution >= 4 is 11.8 Å². The van der Waals surface area contributed by atoms with Gasteiger partial charge in [0.2, 0.25) is 11.8 Å². The second kappa shape index (κ2) is 6.26. The number of nitrogens with zero attached hydrogens (tertiary/aromatic N) is 2. The number of ether oxygens (including phenoxy) is 1. The first kappa shape index (κ1) is 14.1. The van der Waals surface area contributed by atoms with Crippen LogP contribution in [0.4, 0.5) is 0 Å². The Hall–Kier alpha value is -1.88. The third-order valence-corrected chi connectivity index (χ3v) is 4.15. The summed E-state index contributed by atoms with van der Waals surface area (Å²) >= 11 is 0. The third kappa shape index (κ3) is 3.24. The number of morpholine rings is 1. The number of rotatable bonds is 2. The van der Waals surface area contributed by atoms with Crippen LogP contribution in [0.1, 0.15) is 17.5 Å². The fraction of sp³-hybridized carbons (Fsp3) is 0.500. The molecule has 0 atom stereocenters. The molecule has 21 heavy (non-hydrogen) atoms. The second-order valence-corrected chi connectivity index (χ2v) is 5.50. The lowest BCUT2D eigenvalue weighted by Gasteiger charge is -2.30. The number of hydrogen-bond acceptors (Lipinski definition) is 3. The summed E-state index contributed by atoms with van der Waals surface area (Å²) in [5.41, 5.74) is 2.50. The van der Waals surface area contributed by atoms with Crippen LogP contribution in [0.3, 0.4) is 0 Å². The van der Waals surface area contributed by atoms with Crippen molar-refractivity contribution in [2.75, 3.05) is 32.8 Å². The van der Waals surface area contributed by atoms with Gasteiger partial charge in [0.1, 0.15) is 6.42 Å². The monoisotopic (exact) mass is 288 g/mol. The molecule has 5 heteroatoms. The van der Waals surface area contributed by atoms with Crippen LogP contribution in [0.5, 0.6) is 0 Å². The molecule has 1 saturated heterocycles. The highest BCUT2D eigenvalue weighted by molar-refractivity contribution is 5.97. The lowest BCUT2D eigenvalue weighted by molar-refractivity contribution is -0.143. The van der Waals surface area contributed by atoms with Gasteiger partial charge in [0.05, 0.1) is 13.2 Å². The Kier molecular flexibility index (Phi) is 4.20. The van der Waals surface area contributed by atoms with Gasteiger partial charge in [-0.2, -0.15) is 0 Å². The lowest BCUT2D eigenvalue weighted by Crippen LogP contribution is -2.44. The average Bonchev–Trinajstić information content (AvgIpc) is 2.55. The van der Waals surface area contributed by atoms with Gasteiger partial charge in [0.15, 0.2) is 0 Å². The summed E-state index contributed by atoms with van der Waals surface area (Å²) < 4.78 is 5.22. The zero-order valence-electron chi connectivity index (χ0n) is 12.1. The Labute approximate surface area is 124 Å². The zero-order valence-corrected chi connectivity index (χ0v) is 12.1. The summed E-state index contributed by atoms with van der Waals surface area (Å²) in [7, 11) is 0. The molecule has 0 unspecified atom stereocenters. The molecule has 0 aliphatic carbocycles. The molecule has 0 aromatic heterocycles. The molecule has 0 spiro atoms. The number of hydrogen-bond donors (Lipinski definition) is 0. The maximum Gasteiger partial charge on any atom is 0.232 e. The van der Waals surface area contributed by atoms with Gasteiger partial charge in [0, 0.05) is 26.2 Å². The van der Waals surface area contributed by atoms with Crippen molar-refractivity contribution in [2.45, 2.75) is 19.4 Å². The van der Waals surface area contributed by atoms with Gasteiger partial charge in [-0.1, -0.05) is 24.3 Å². The fourth-order valence-electron chi connectivity index (χ4n) is 2.87. The topological polar surface area (TPSA) is 49.9 Å². The normalized spacial score (nSPS) is 18.3. The van der Waals surface area contributed by atoms with E-state index in [0.717, 1.165) is 6.42 Å². The second-order valence-electron chi connectivity index (χ2n) is 5.50. The average molecular weight is 288 g/mol. The van der Waals surface area contributed by atoms with Gasteiger partial charge in [-0.3, -0.25) is 9.59 Å². The first-order chi connectivity index (χ1) is 10.2. The summed E-state index contributed by atoms with van der Waals surface area (Å²) in [6.07, 6.45) is 0.843. The molecule has 0 bridgehead atoms. The van der Waals surface area contributed by atoms with Crippen molar-refractivity contribution < 1.29 is 14.3 Å². The molecular formula is C16H20N2O3. The molecule has 2 aliphatic heterocycles. The largest absolute Gasteiger partial charge is 0.378 e. The molecule has 2 aliphatic rings. The molecule has 5 nitrogen and oxygen atoms in total. The van der Waals surface area contributed by atoms with E-state index < -0.39 is 0 Å². The standard InChI is InChI=1S/C16H20N2O3/c19-15(17-7-9-21-10-8-17)11-16(20)18-6-5-13-3-1-2-4-14(13)12-18/h1-4H,5-12H2. The van der Waals surface area contributed by atoms with Crippen molar-refractivity contribution in [1.82, 2.24) is 9.80 Å². The minimum atomic E-state index is -0.0813. The SMILES string of the molecule is O=C(CC(=O)N1CCc2ccccc2C1)N1CCOCC1. The number of carbonyl (C=O) groups excluding carboxylic acids is 2. The van der Waals surface area contributed by atoms with E-state index in [1.165, 1.54) is 11.1 Å². The third-order valence-electron chi connectivity index (χ3n) is 4.15. The van der Waals surface area contributed by atoms with E-state index in [-0.39, 0.29) is 18.2 Å². The lowest BCUT2D eigenvalue weighted by atomic mass is 10.00. The van der Waals surface area contributed by atoms with Gasteiger partial charge in [-0.05, 0) is 17.5 Å². The molecule has 1 aromatic carbocycles. The van der Waals surface area contributed by atoms with Crippen LogP contribution in [-0.4, -0.2) is 54.5 Å². The number of amides is 2. The first-order valence-corrected chi connectivity index (χ1v) is 7.44. The highest BCUT2D eigenvalue weighted by Crippen LogP contribution is 2.19. The van der Waals surface area contributed by atoms with Crippen LogP contribution in [0, 0.1) is 0 Å². The van der Waals surface area contributed by atoms with Crippen LogP contribution >= 0.6 is 0 Å². The summed E-state index contributed by atoms with van der Waals surface area (Å²) in [5, 5.41) is 0. The van der Waals surface area contributed by atoms with Crippen LogP contribution in [-0.2, 0) is 27.3 Å². The summed E-state index contributed by atoms with van der Waals surface area (Å²) in [4.78, 5) is 27.9. The van der Waals surface area contributed by atoms with Crippen molar-refractivity contribution in [2.24, 2.45) is 0 Å². The van der Waals surface area contributed by atoms with Crippen LogP contribution in [0.2, 0.25) is 0 Å². The Balaban J connectivity index is 1.58. The number of carbonyl (C=O) groups is 2. The Morgan fingerprint density at radius 2 is 1.62 bits per heavy atom. The van der Waals surface area contributed by atoms with E-state index in [1.54, 1.807) is 9.80 Å². The zero-order chi connectivity index (χ0) is 14.7. The molecule has 2 amide bonds. The molecule has 1 fully saturated rings. The molecular weight excluding hydrogens is 268 g/mol. The first-order valence-electron chi connectivity index (χ1n) is 7.44. The summed E-state index contributed by atoms with van der Waals surface area (Å²) in [6, 6.07) is 8.18. The van der Waals surface area contributed by atoms with Crippen molar-refractivity contribution in [3.05, 3.63) is 35.4 Å². The molecule has 0 saturated carbocycles. The minimum absolute atomic E-state index is 0.0256. The number of benzene rings is 1. The number of fused-ring (bicyclic) bond motifs is 1. The van der Waals surface area contributed by atoms with Gasteiger partial charge >= 0.3 is 0 Å². The van der Waals surface area contributed by atoms with Gasteiger partial charge in [0.25, 0.3) is 0 Å². The quantitative estimate of drug-likeness (QED) is 0.757. The predicted molar refractivity (Wildman–Crippen MR) is 77.6 cm³/mol. The predicted octanol–water partition coefficient (Wildman–Crippen LogP) is 0.820. The van der Waals surface area contributed by atoms with E-state index in [1.807, 2.05) is 12.1 Å². The van der Waals surface area contributed by atoms with Crippen LogP contribution < -0.4 is 0 Å². The summed E-state index contributed by atoms with van der Waals surface area (Å²) in [5.74, 6) is -0.150. The van der Waals surface area contributed by atoms with Crippen molar-refractivity contribution in [3.63, 3.8) is 0 Å². The molecule has 0 N–H and O–H groups in total. The smallest absolute Gasteiger partial charge is 0.232 e. The van der Waals surface area contributed by atoms with Crippen molar-refractivity contribution in [1.29, 1.82) is 0 Å². The highest BCUT2D eigenvalue weighted by atomic mass is 16.5. The Morgan fingerprint density at radius 1 is 0.952 bits per heavy atom.